The zero-order chi connectivity index (χ0) is 14.4. The number of likely N-dealkylation sites (N-methyl/N-ethyl adjacent to an activating group) is 1. The summed E-state index contributed by atoms with van der Waals surface area (Å²) in [5.41, 5.74) is 0.970. The van der Waals surface area contributed by atoms with E-state index < -0.39 is 0 Å². The van der Waals surface area contributed by atoms with Crippen molar-refractivity contribution in [3.05, 3.63) is 47.4 Å². The summed E-state index contributed by atoms with van der Waals surface area (Å²) in [7, 11) is 1.94. The van der Waals surface area contributed by atoms with E-state index in [0.717, 1.165) is 24.8 Å². The molecule has 2 rings (SSSR count). The highest BCUT2D eigenvalue weighted by atomic mass is 19.1. The van der Waals surface area contributed by atoms with E-state index in [1.165, 1.54) is 12.1 Å². The van der Waals surface area contributed by atoms with Crippen LogP contribution in [0.1, 0.15) is 37.0 Å². The molecule has 5 heteroatoms. The molecule has 0 radical (unpaired) electrons. The molecule has 0 saturated carbocycles. The van der Waals surface area contributed by atoms with Crippen LogP contribution in [0, 0.1) is 5.82 Å². The van der Waals surface area contributed by atoms with Crippen molar-refractivity contribution < 1.29 is 8.91 Å². The van der Waals surface area contributed by atoms with Crippen molar-refractivity contribution in [3.63, 3.8) is 0 Å². The standard InChI is InChI=1S/C15H20FN3O/c1-3-4-13(17-2)10-15-18-14(19-20-15)9-11-5-7-12(16)8-6-11/h5-8,13,17H,3-4,9-10H2,1-2H3. The molecule has 0 aliphatic heterocycles. The second-order valence-corrected chi connectivity index (χ2v) is 4.89. The predicted octanol–water partition coefficient (Wildman–Crippen LogP) is 2.73. The first kappa shape index (κ1) is 14.7. The van der Waals surface area contributed by atoms with E-state index in [1.807, 2.05) is 7.05 Å². The molecule has 1 N–H and O–H groups in total. The fourth-order valence-electron chi connectivity index (χ4n) is 2.14. The molecule has 20 heavy (non-hydrogen) atoms. The summed E-state index contributed by atoms with van der Waals surface area (Å²) in [6, 6.07) is 6.71. The van der Waals surface area contributed by atoms with Crippen LogP contribution in [0.25, 0.3) is 0 Å². The molecule has 108 valence electrons. The first-order chi connectivity index (χ1) is 9.71. The molecule has 1 unspecified atom stereocenters. The van der Waals surface area contributed by atoms with Gasteiger partial charge in [0.25, 0.3) is 0 Å². The fraction of sp³-hybridized carbons (Fsp3) is 0.467. The molecule has 4 nitrogen and oxygen atoms in total. The number of halogens is 1. The summed E-state index contributed by atoms with van der Waals surface area (Å²) < 4.78 is 18.1. The van der Waals surface area contributed by atoms with Crippen LogP contribution in [0.2, 0.25) is 0 Å². The Balaban J connectivity index is 1.96. The van der Waals surface area contributed by atoms with Gasteiger partial charge in [-0.2, -0.15) is 4.98 Å². The van der Waals surface area contributed by atoms with Gasteiger partial charge in [0.05, 0.1) is 0 Å². The molecule has 0 saturated heterocycles. The quantitative estimate of drug-likeness (QED) is 0.845. The maximum Gasteiger partial charge on any atom is 0.228 e. The fourth-order valence-corrected chi connectivity index (χ4v) is 2.14. The number of aromatic nitrogens is 2. The van der Waals surface area contributed by atoms with E-state index in [2.05, 4.69) is 22.4 Å². The molecule has 1 heterocycles. The zero-order valence-electron chi connectivity index (χ0n) is 11.9. The minimum absolute atomic E-state index is 0.237. The van der Waals surface area contributed by atoms with Gasteiger partial charge < -0.3 is 9.84 Å². The van der Waals surface area contributed by atoms with Gasteiger partial charge in [-0.25, -0.2) is 4.39 Å². The smallest absolute Gasteiger partial charge is 0.228 e. The van der Waals surface area contributed by atoms with E-state index in [-0.39, 0.29) is 5.82 Å². The summed E-state index contributed by atoms with van der Waals surface area (Å²) in [4.78, 5) is 4.39. The molecule has 0 bridgehead atoms. The SMILES string of the molecule is CCCC(Cc1nc(Cc2ccc(F)cc2)no1)NC. The molecule has 0 aliphatic rings. The van der Waals surface area contributed by atoms with Crippen molar-refractivity contribution in [2.75, 3.05) is 7.05 Å². The van der Waals surface area contributed by atoms with Gasteiger partial charge in [-0.3, -0.25) is 0 Å². The van der Waals surface area contributed by atoms with Crippen molar-refractivity contribution in [2.45, 2.75) is 38.6 Å². The third-order valence-corrected chi connectivity index (χ3v) is 3.25. The molecule has 1 aromatic carbocycles. The van der Waals surface area contributed by atoms with Gasteiger partial charge in [0, 0.05) is 18.9 Å². The van der Waals surface area contributed by atoms with Gasteiger partial charge >= 0.3 is 0 Å². The van der Waals surface area contributed by atoms with Crippen LogP contribution < -0.4 is 5.32 Å². The zero-order valence-corrected chi connectivity index (χ0v) is 11.9. The third kappa shape index (κ3) is 4.13. The molecule has 0 amide bonds. The minimum Gasteiger partial charge on any atom is -0.339 e. The summed E-state index contributed by atoms with van der Waals surface area (Å²) >= 11 is 0. The van der Waals surface area contributed by atoms with Crippen LogP contribution in [0.3, 0.4) is 0 Å². The van der Waals surface area contributed by atoms with Crippen LogP contribution in [0.4, 0.5) is 4.39 Å². The summed E-state index contributed by atoms with van der Waals surface area (Å²) in [5, 5.41) is 7.22. The van der Waals surface area contributed by atoms with Gasteiger partial charge in [-0.05, 0) is 31.2 Å². The molecular formula is C15H20FN3O. The lowest BCUT2D eigenvalue weighted by Gasteiger charge is -2.11. The normalized spacial score (nSPS) is 12.6. The van der Waals surface area contributed by atoms with Crippen molar-refractivity contribution in [2.24, 2.45) is 0 Å². The van der Waals surface area contributed by atoms with Crippen LogP contribution in [0.5, 0.6) is 0 Å². The molecular weight excluding hydrogens is 257 g/mol. The first-order valence-corrected chi connectivity index (χ1v) is 6.94. The maximum atomic E-state index is 12.8. The highest BCUT2D eigenvalue weighted by Crippen LogP contribution is 2.10. The second kappa shape index (κ2) is 7.14. The van der Waals surface area contributed by atoms with Gasteiger partial charge in [-0.15, -0.1) is 0 Å². The Morgan fingerprint density at radius 1 is 1.30 bits per heavy atom. The summed E-state index contributed by atoms with van der Waals surface area (Å²) in [6.45, 7) is 2.15. The van der Waals surface area contributed by atoms with Crippen LogP contribution >= 0.6 is 0 Å². The predicted molar refractivity (Wildman–Crippen MR) is 75.0 cm³/mol. The highest BCUT2D eigenvalue weighted by Gasteiger charge is 2.12. The second-order valence-electron chi connectivity index (χ2n) is 4.89. The van der Waals surface area contributed by atoms with Crippen LogP contribution in [0.15, 0.2) is 28.8 Å². The van der Waals surface area contributed by atoms with Crippen LogP contribution in [-0.4, -0.2) is 23.2 Å². The van der Waals surface area contributed by atoms with Gasteiger partial charge in [0.15, 0.2) is 5.82 Å². The first-order valence-electron chi connectivity index (χ1n) is 6.94. The highest BCUT2D eigenvalue weighted by molar-refractivity contribution is 5.19. The van der Waals surface area contributed by atoms with Crippen molar-refractivity contribution in [1.82, 2.24) is 15.5 Å². The summed E-state index contributed by atoms with van der Waals surface area (Å²) in [5.74, 6) is 1.05. The molecule has 2 aromatic rings. The lowest BCUT2D eigenvalue weighted by Crippen LogP contribution is -2.27. The Morgan fingerprint density at radius 3 is 2.70 bits per heavy atom. The van der Waals surface area contributed by atoms with Crippen molar-refractivity contribution in [3.8, 4) is 0 Å². The lowest BCUT2D eigenvalue weighted by molar-refractivity contribution is 0.352. The Labute approximate surface area is 118 Å². The maximum absolute atomic E-state index is 12.8. The number of nitrogens with one attached hydrogen (secondary N) is 1. The topological polar surface area (TPSA) is 51.0 Å². The van der Waals surface area contributed by atoms with E-state index in [4.69, 9.17) is 4.52 Å². The lowest BCUT2D eigenvalue weighted by atomic mass is 10.1. The third-order valence-electron chi connectivity index (χ3n) is 3.25. The Morgan fingerprint density at radius 2 is 2.05 bits per heavy atom. The number of hydrogen-bond acceptors (Lipinski definition) is 4. The molecule has 0 spiro atoms. The summed E-state index contributed by atoms with van der Waals surface area (Å²) in [6.07, 6.45) is 3.48. The van der Waals surface area contributed by atoms with Crippen molar-refractivity contribution >= 4 is 0 Å². The van der Waals surface area contributed by atoms with E-state index in [1.54, 1.807) is 12.1 Å². The monoisotopic (exact) mass is 277 g/mol. The van der Waals surface area contributed by atoms with Gasteiger partial charge in [0.1, 0.15) is 5.82 Å². The van der Waals surface area contributed by atoms with E-state index in [9.17, 15) is 4.39 Å². The average Bonchev–Trinajstić information content (AvgIpc) is 2.88. The van der Waals surface area contributed by atoms with Gasteiger partial charge in [0.2, 0.25) is 5.89 Å². The molecule has 0 fully saturated rings. The Kier molecular flexibility index (Phi) is 5.24. The molecule has 1 atom stereocenters. The number of rotatable bonds is 7. The minimum atomic E-state index is -0.237. The Bertz CT molecular complexity index is 524. The molecule has 0 aliphatic carbocycles. The van der Waals surface area contributed by atoms with Crippen LogP contribution in [-0.2, 0) is 12.8 Å². The van der Waals surface area contributed by atoms with Gasteiger partial charge in [-0.1, -0.05) is 30.6 Å². The Hall–Kier alpha value is -1.75. The van der Waals surface area contributed by atoms with E-state index in [0.29, 0.717) is 24.2 Å². The van der Waals surface area contributed by atoms with E-state index >= 15 is 0 Å². The largest absolute Gasteiger partial charge is 0.339 e. The van der Waals surface area contributed by atoms with Crippen molar-refractivity contribution in [1.29, 1.82) is 0 Å². The number of benzene rings is 1. The molecule has 1 aromatic heterocycles. The average molecular weight is 277 g/mol. The number of hydrogen-bond donors (Lipinski definition) is 1. The number of nitrogens with zero attached hydrogens (tertiary/aromatic N) is 2.